The van der Waals surface area contributed by atoms with E-state index in [0.29, 0.717) is 17.1 Å². The van der Waals surface area contributed by atoms with Gasteiger partial charge in [-0.05, 0) is 25.1 Å². The smallest absolute Gasteiger partial charge is 0.328 e. The van der Waals surface area contributed by atoms with Crippen molar-refractivity contribution in [3.05, 3.63) is 29.0 Å². The maximum atomic E-state index is 11.8. The summed E-state index contributed by atoms with van der Waals surface area (Å²) in [6.07, 6.45) is 1.59. The van der Waals surface area contributed by atoms with Crippen LogP contribution in [0, 0.1) is 6.92 Å². The van der Waals surface area contributed by atoms with Gasteiger partial charge < -0.3 is 14.8 Å². The molecule has 0 radical (unpaired) electrons. The van der Waals surface area contributed by atoms with Crippen molar-refractivity contribution in [3.8, 4) is 11.5 Å². The Kier molecular flexibility index (Phi) is 3.65. The van der Waals surface area contributed by atoms with E-state index in [1.165, 1.54) is 7.05 Å². The number of hydrogen-bond donors (Lipinski definition) is 1. The van der Waals surface area contributed by atoms with Crippen molar-refractivity contribution in [1.82, 2.24) is 10.2 Å². The number of nitrogens with one attached hydrogen (secondary N) is 1. The van der Waals surface area contributed by atoms with Gasteiger partial charge in [0.05, 0.1) is 14.2 Å². The SMILES string of the molecule is COc1ccc(/C=C2/NC(=O)N(C)C2=O)c(OC)c1C. The zero-order chi connectivity index (χ0) is 14.9. The number of carbonyl (C=O) groups excluding carboxylic acids is 2. The Bertz CT molecular complexity index is 607. The zero-order valence-electron chi connectivity index (χ0n) is 11.8. The highest BCUT2D eigenvalue weighted by molar-refractivity contribution is 6.13. The molecule has 1 heterocycles. The van der Waals surface area contributed by atoms with Gasteiger partial charge in [0.1, 0.15) is 17.2 Å². The fourth-order valence-corrected chi connectivity index (χ4v) is 2.08. The molecule has 1 fully saturated rings. The first-order valence-electron chi connectivity index (χ1n) is 6.02. The lowest BCUT2D eigenvalue weighted by atomic mass is 10.1. The average Bonchev–Trinajstić information content (AvgIpc) is 2.67. The van der Waals surface area contributed by atoms with E-state index in [1.54, 1.807) is 32.4 Å². The van der Waals surface area contributed by atoms with E-state index >= 15 is 0 Å². The largest absolute Gasteiger partial charge is 0.496 e. The monoisotopic (exact) mass is 276 g/mol. The number of rotatable bonds is 3. The molecule has 20 heavy (non-hydrogen) atoms. The van der Waals surface area contributed by atoms with E-state index in [2.05, 4.69) is 5.32 Å². The normalized spacial score (nSPS) is 16.6. The van der Waals surface area contributed by atoms with Crippen molar-refractivity contribution in [2.24, 2.45) is 0 Å². The Morgan fingerprint density at radius 1 is 1.20 bits per heavy atom. The average molecular weight is 276 g/mol. The molecule has 1 N–H and O–H groups in total. The Balaban J connectivity index is 2.47. The van der Waals surface area contributed by atoms with Gasteiger partial charge in [-0.1, -0.05) is 0 Å². The highest BCUT2D eigenvalue weighted by Crippen LogP contribution is 2.32. The molecule has 0 aliphatic carbocycles. The van der Waals surface area contributed by atoms with E-state index in [1.807, 2.05) is 6.92 Å². The molecular formula is C14H16N2O4. The molecule has 0 unspecified atom stereocenters. The van der Waals surface area contributed by atoms with Crippen LogP contribution in [0.25, 0.3) is 6.08 Å². The van der Waals surface area contributed by atoms with Gasteiger partial charge in [-0.15, -0.1) is 0 Å². The van der Waals surface area contributed by atoms with Crippen LogP contribution in [-0.4, -0.2) is 38.1 Å². The fraction of sp³-hybridized carbons (Fsp3) is 0.286. The summed E-state index contributed by atoms with van der Waals surface area (Å²) in [5.74, 6) is 0.932. The number of urea groups is 1. The highest BCUT2D eigenvalue weighted by Gasteiger charge is 2.30. The molecule has 1 aliphatic heterocycles. The number of carbonyl (C=O) groups is 2. The van der Waals surface area contributed by atoms with Crippen LogP contribution in [0.1, 0.15) is 11.1 Å². The molecule has 0 atom stereocenters. The third-order valence-electron chi connectivity index (χ3n) is 3.19. The number of methoxy groups -OCH3 is 2. The van der Waals surface area contributed by atoms with E-state index in [4.69, 9.17) is 9.47 Å². The predicted octanol–water partition coefficient (Wildman–Crippen LogP) is 1.53. The molecular weight excluding hydrogens is 260 g/mol. The minimum atomic E-state index is -0.439. The van der Waals surface area contributed by atoms with Crippen molar-refractivity contribution >= 4 is 18.0 Å². The molecule has 0 aromatic heterocycles. The van der Waals surface area contributed by atoms with E-state index in [0.717, 1.165) is 10.5 Å². The molecule has 106 valence electrons. The first-order chi connectivity index (χ1) is 9.49. The molecule has 0 spiro atoms. The fourth-order valence-electron chi connectivity index (χ4n) is 2.08. The van der Waals surface area contributed by atoms with Crippen molar-refractivity contribution in [2.75, 3.05) is 21.3 Å². The Morgan fingerprint density at radius 2 is 1.90 bits per heavy atom. The van der Waals surface area contributed by atoms with E-state index in [9.17, 15) is 9.59 Å². The van der Waals surface area contributed by atoms with Crippen LogP contribution in [0.2, 0.25) is 0 Å². The molecule has 1 aliphatic rings. The second-order valence-corrected chi connectivity index (χ2v) is 4.37. The third-order valence-corrected chi connectivity index (χ3v) is 3.19. The van der Waals surface area contributed by atoms with E-state index < -0.39 is 6.03 Å². The topological polar surface area (TPSA) is 67.9 Å². The van der Waals surface area contributed by atoms with Crippen LogP contribution in [0.5, 0.6) is 11.5 Å². The summed E-state index contributed by atoms with van der Waals surface area (Å²) in [5, 5.41) is 2.51. The van der Waals surface area contributed by atoms with Crippen molar-refractivity contribution < 1.29 is 19.1 Å². The van der Waals surface area contributed by atoms with Crippen LogP contribution in [0.15, 0.2) is 17.8 Å². The second-order valence-electron chi connectivity index (χ2n) is 4.37. The summed E-state index contributed by atoms with van der Waals surface area (Å²) in [4.78, 5) is 24.3. The first kappa shape index (κ1) is 13.9. The van der Waals surface area contributed by atoms with E-state index in [-0.39, 0.29) is 11.6 Å². The van der Waals surface area contributed by atoms with Gasteiger partial charge in [-0.25, -0.2) is 4.79 Å². The number of nitrogens with zero attached hydrogens (tertiary/aromatic N) is 1. The van der Waals surface area contributed by atoms with Gasteiger partial charge in [-0.2, -0.15) is 0 Å². The summed E-state index contributed by atoms with van der Waals surface area (Å²) in [6.45, 7) is 1.86. The van der Waals surface area contributed by atoms with Crippen molar-refractivity contribution in [3.63, 3.8) is 0 Å². The number of imide groups is 1. The van der Waals surface area contributed by atoms with Crippen LogP contribution in [-0.2, 0) is 4.79 Å². The lowest BCUT2D eigenvalue weighted by Gasteiger charge is -2.12. The maximum absolute atomic E-state index is 11.8. The molecule has 2 rings (SSSR count). The minimum absolute atomic E-state index is 0.223. The number of ether oxygens (including phenoxy) is 2. The summed E-state index contributed by atoms with van der Waals surface area (Å²) in [5.41, 5.74) is 1.75. The van der Waals surface area contributed by atoms with Gasteiger partial charge in [0.2, 0.25) is 0 Å². The van der Waals surface area contributed by atoms with Gasteiger partial charge in [0, 0.05) is 18.2 Å². The highest BCUT2D eigenvalue weighted by atomic mass is 16.5. The van der Waals surface area contributed by atoms with Crippen LogP contribution in [0.3, 0.4) is 0 Å². The second kappa shape index (κ2) is 5.24. The van der Waals surface area contributed by atoms with Crippen molar-refractivity contribution in [2.45, 2.75) is 6.92 Å². The van der Waals surface area contributed by atoms with Gasteiger partial charge in [0.15, 0.2) is 0 Å². The summed E-state index contributed by atoms with van der Waals surface area (Å²) in [7, 11) is 4.55. The lowest BCUT2D eigenvalue weighted by Crippen LogP contribution is -2.25. The molecule has 6 heteroatoms. The molecule has 0 bridgehead atoms. The lowest BCUT2D eigenvalue weighted by molar-refractivity contribution is -0.121. The quantitative estimate of drug-likeness (QED) is 0.671. The predicted molar refractivity (Wildman–Crippen MR) is 73.6 cm³/mol. The Morgan fingerprint density at radius 3 is 2.40 bits per heavy atom. The van der Waals surface area contributed by atoms with Crippen LogP contribution >= 0.6 is 0 Å². The van der Waals surface area contributed by atoms with Gasteiger partial charge >= 0.3 is 6.03 Å². The summed E-state index contributed by atoms with van der Waals surface area (Å²) >= 11 is 0. The van der Waals surface area contributed by atoms with Crippen molar-refractivity contribution in [1.29, 1.82) is 0 Å². The standard InChI is InChI=1S/C14H16N2O4/c1-8-11(19-3)6-5-9(12(8)20-4)7-10-13(17)16(2)14(18)15-10/h5-7H,1-4H3,(H,15,18)/b10-7+. The summed E-state index contributed by atoms with van der Waals surface area (Å²) < 4.78 is 10.6. The van der Waals surface area contributed by atoms with Crippen LogP contribution in [0.4, 0.5) is 4.79 Å². The number of likely N-dealkylation sites (N-methyl/N-ethyl adjacent to an activating group) is 1. The molecule has 1 aromatic carbocycles. The maximum Gasteiger partial charge on any atom is 0.328 e. The molecule has 1 aromatic rings. The van der Waals surface area contributed by atoms with Gasteiger partial charge in [0.25, 0.3) is 5.91 Å². The number of hydrogen-bond acceptors (Lipinski definition) is 4. The molecule has 0 saturated carbocycles. The molecule has 3 amide bonds. The number of amides is 3. The van der Waals surface area contributed by atoms with Crippen LogP contribution < -0.4 is 14.8 Å². The zero-order valence-corrected chi connectivity index (χ0v) is 11.8. The molecule has 6 nitrogen and oxygen atoms in total. The third kappa shape index (κ3) is 2.20. The Labute approximate surface area is 117 Å². The summed E-state index contributed by atoms with van der Waals surface area (Å²) in [6, 6.07) is 3.12. The van der Waals surface area contributed by atoms with Gasteiger partial charge in [-0.3, -0.25) is 9.69 Å². The number of benzene rings is 1. The minimum Gasteiger partial charge on any atom is -0.496 e. The Hall–Kier alpha value is -2.50. The molecule has 1 saturated heterocycles. The first-order valence-corrected chi connectivity index (χ1v) is 6.02.